The third kappa shape index (κ3) is 2.95. The van der Waals surface area contributed by atoms with Gasteiger partial charge in [0.05, 0.1) is 5.75 Å². The lowest BCUT2D eigenvalue weighted by molar-refractivity contribution is -0.123. The van der Waals surface area contributed by atoms with Gasteiger partial charge in [0.25, 0.3) is 0 Å². The summed E-state index contributed by atoms with van der Waals surface area (Å²) in [5.41, 5.74) is 0. The van der Waals surface area contributed by atoms with Crippen LogP contribution in [-0.4, -0.2) is 25.2 Å². The number of Topliss-reactive ketones (excluding diaryl/α,β-unsaturated/α-hetero) is 1. The first-order valence-corrected chi connectivity index (χ1v) is 9.01. The van der Waals surface area contributed by atoms with E-state index in [2.05, 4.69) is 6.92 Å². The SMILES string of the molecule is CCC1CCC(C(=O)C2CCCCS2(=O)=O)CC1. The van der Waals surface area contributed by atoms with Crippen molar-refractivity contribution in [2.75, 3.05) is 5.75 Å². The second-order valence-corrected chi connectivity index (χ2v) is 8.18. The first-order chi connectivity index (χ1) is 8.54. The highest BCUT2D eigenvalue weighted by atomic mass is 32.2. The highest BCUT2D eigenvalue weighted by Gasteiger charge is 2.39. The summed E-state index contributed by atoms with van der Waals surface area (Å²) in [6.45, 7) is 2.19. The molecule has 2 aliphatic rings. The van der Waals surface area contributed by atoms with Gasteiger partial charge in [-0.3, -0.25) is 4.79 Å². The zero-order valence-electron chi connectivity index (χ0n) is 11.2. The van der Waals surface area contributed by atoms with E-state index in [4.69, 9.17) is 0 Å². The number of ketones is 1. The summed E-state index contributed by atoms with van der Waals surface area (Å²) in [7, 11) is -3.14. The van der Waals surface area contributed by atoms with Crippen molar-refractivity contribution in [3.63, 3.8) is 0 Å². The number of rotatable bonds is 3. The topological polar surface area (TPSA) is 51.2 Å². The first-order valence-electron chi connectivity index (χ1n) is 7.30. The molecular weight excluding hydrogens is 248 g/mol. The van der Waals surface area contributed by atoms with Gasteiger partial charge in [-0.05, 0) is 44.4 Å². The van der Waals surface area contributed by atoms with Crippen molar-refractivity contribution < 1.29 is 13.2 Å². The van der Waals surface area contributed by atoms with Crippen molar-refractivity contribution in [3.05, 3.63) is 0 Å². The van der Waals surface area contributed by atoms with E-state index in [1.807, 2.05) is 0 Å². The molecule has 1 heterocycles. The molecule has 1 aliphatic heterocycles. The summed E-state index contributed by atoms with van der Waals surface area (Å²) in [5, 5.41) is -0.672. The molecule has 3 nitrogen and oxygen atoms in total. The number of hydrogen-bond acceptors (Lipinski definition) is 3. The van der Waals surface area contributed by atoms with E-state index >= 15 is 0 Å². The molecule has 2 fully saturated rings. The monoisotopic (exact) mass is 272 g/mol. The quantitative estimate of drug-likeness (QED) is 0.793. The van der Waals surface area contributed by atoms with E-state index in [1.165, 1.54) is 6.42 Å². The van der Waals surface area contributed by atoms with Crippen LogP contribution >= 0.6 is 0 Å². The number of sulfone groups is 1. The van der Waals surface area contributed by atoms with Crippen LogP contribution < -0.4 is 0 Å². The Morgan fingerprint density at radius 1 is 1.06 bits per heavy atom. The fourth-order valence-electron chi connectivity index (χ4n) is 3.39. The van der Waals surface area contributed by atoms with Crippen molar-refractivity contribution in [1.82, 2.24) is 0 Å². The number of hydrogen-bond donors (Lipinski definition) is 0. The highest BCUT2D eigenvalue weighted by molar-refractivity contribution is 7.92. The third-order valence-corrected chi connectivity index (χ3v) is 6.92. The minimum absolute atomic E-state index is 0.0191. The van der Waals surface area contributed by atoms with E-state index in [0.29, 0.717) is 6.42 Å². The van der Waals surface area contributed by atoms with Crippen LogP contribution in [0.4, 0.5) is 0 Å². The molecule has 0 aromatic heterocycles. The maximum Gasteiger partial charge on any atom is 0.160 e. The standard InChI is InChI=1S/C14H24O3S/c1-2-11-6-8-12(9-7-11)14(15)13-5-3-4-10-18(13,16)17/h11-13H,2-10H2,1H3. The Kier molecular flexibility index (Phi) is 4.46. The van der Waals surface area contributed by atoms with Gasteiger partial charge < -0.3 is 0 Å². The Morgan fingerprint density at radius 2 is 1.72 bits per heavy atom. The largest absolute Gasteiger partial charge is 0.298 e. The van der Waals surface area contributed by atoms with Crippen molar-refractivity contribution in [2.24, 2.45) is 11.8 Å². The van der Waals surface area contributed by atoms with Crippen molar-refractivity contribution in [2.45, 2.75) is 63.5 Å². The first kappa shape index (κ1) is 14.0. The van der Waals surface area contributed by atoms with Gasteiger partial charge in [-0.25, -0.2) is 8.42 Å². The molecule has 1 saturated heterocycles. The van der Waals surface area contributed by atoms with Crippen LogP contribution in [0.15, 0.2) is 0 Å². The average molecular weight is 272 g/mol. The van der Waals surface area contributed by atoms with E-state index in [1.54, 1.807) is 0 Å². The molecule has 0 radical (unpaired) electrons. The van der Waals surface area contributed by atoms with Crippen LogP contribution in [0.3, 0.4) is 0 Å². The van der Waals surface area contributed by atoms with Gasteiger partial charge in [-0.15, -0.1) is 0 Å². The molecular formula is C14H24O3S. The van der Waals surface area contributed by atoms with Crippen molar-refractivity contribution in [1.29, 1.82) is 0 Å². The molecule has 0 spiro atoms. The molecule has 0 aromatic rings. The van der Waals surface area contributed by atoms with Crippen LogP contribution in [0.1, 0.15) is 58.3 Å². The Morgan fingerprint density at radius 3 is 2.28 bits per heavy atom. The van der Waals surface area contributed by atoms with Gasteiger partial charge in [0.2, 0.25) is 0 Å². The molecule has 18 heavy (non-hydrogen) atoms. The van der Waals surface area contributed by atoms with Crippen molar-refractivity contribution >= 4 is 15.6 Å². The normalized spacial score (nSPS) is 36.2. The zero-order valence-corrected chi connectivity index (χ0v) is 12.0. The molecule has 0 aromatic carbocycles. The van der Waals surface area contributed by atoms with E-state index in [-0.39, 0.29) is 17.5 Å². The molecule has 0 bridgehead atoms. The predicted octanol–water partition coefficient (Wildman–Crippen LogP) is 2.74. The van der Waals surface area contributed by atoms with Crippen LogP contribution in [0.2, 0.25) is 0 Å². The highest BCUT2D eigenvalue weighted by Crippen LogP contribution is 2.34. The Hall–Kier alpha value is -0.380. The summed E-state index contributed by atoms with van der Waals surface area (Å²) in [5.74, 6) is 1.01. The number of carbonyl (C=O) groups is 1. The van der Waals surface area contributed by atoms with Crippen molar-refractivity contribution in [3.8, 4) is 0 Å². The van der Waals surface area contributed by atoms with Gasteiger partial charge in [0.15, 0.2) is 15.6 Å². The summed E-state index contributed by atoms with van der Waals surface area (Å²) in [6.07, 6.45) is 7.37. The molecule has 1 aliphatic carbocycles. The van der Waals surface area contributed by atoms with Crippen LogP contribution in [0.5, 0.6) is 0 Å². The Balaban J connectivity index is 1.99. The van der Waals surface area contributed by atoms with Crippen LogP contribution in [-0.2, 0) is 14.6 Å². The molecule has 1 saturated carbocycles. The minimum atomic E-state index is -3.14. The molecule has 0 amide bonds. The van der Waals surface area contributed by atoms with Gasteiger partial charge in [0.1, 0.15) is 5.25 Å². The van der Waals surface area contributed by atoms with Gasteiger partial charge >= 0.3 is 0 Å². The Labute approximate surface area is 110 Å². The Bertz CT molecular complexity index is 391. The van der Waals surface area contributed by atoms with Crippen LogP contribution in [0.25, 0.3) is 0 Å². The fraction of sp³-hybridized carbons (Fsp3) is 0.929. The van der Waals surface area contributed by atoms with E-state index < -0.39 is 15.1 Å². The molecule has 4 heteroatoms. The number of carbonyl (C=O) groups excluding carboxylic acids is 1. The van der Waals surface area contributed by atoms with Crippen LogP contribution in [0, 0.1) is 11.8 Å². The summed E-state index contributed by atoms with van der Waals surface area (Å²) in [4.78, 5) is 12.4. The molecule has 2 rings (SSSR count). The van der Waals surface area contributed by atoms with E-state index in [9.17, 15) is 13.2 Å². The molecule has 1 unspecified atom stereocenters. The second kappa shape index (κ2) is 5.72. The minimum Gasteiger partial charge on any atom is -0.298 e. The summed E-state index contributed by atoms with van der Waals surface area (Å²) >= 11 is 0. The van der Waals surface area contributed by atoms with Gasteiger partial charge in [-0.1, -0.05) is 19.8 Å². The van der Waals surface area contributed by atoms with Gasteiger partial charge in [-0.2, -0.15) is 0 Å². The lowest BCUT2D eigenvalue weighted by Crippen LogP contribution is -2.40. The fourth-order valence-corrected chi connectivity index (χ4v) is 5.36. The maximum atomic E-state index is 12.4. The summed E-state index contributed by atoms with van der Waals surface area (Å²) in [6, 6.07) is 0. The summed E-state index contributed by atoms with van der Waals surface area (Å²) < 4.78 is 23.9. The van der Waals surface area contributed by atoms with Gasteiger partial charge in [0, 0.05) is 5.92 Å². The second-order valence-electron chi connectivity index (χ2n) is 5.88. The predicted molar refractivity (Wildman–Crippen MR) is 72.2 cm³/mol. The third-order valence-electron chi connectivity index (χ3n) is 4.72. The van der Waals surface area contributed by atoms with E-state index in [0.717, 1.165) is 44.4 Å². The average Bonchev–Trinajstić information content (AvgIpc) is 2.37. The maximum absolute atomic E-state index is 12.4. The smallest absolute Gasteiger partial charge is 0.160 e. The molecule has 1 atom stereocenters. The molecule has 104 valence electrons. The lowest BCUT2D eigenvalue weighted by atomic mass is 9.78. The lowest BCUT2D eigenvalue weighted by Gasteiger charge is -2.30. The molecule has 0 N–H and O–H groups in total. The zero-order chi connectivity index (χ0) is 13.2.